The lowest BCUT2D eigenvalue weighted by Crippen LogP contribution is -2.00. The van der Waals surface area contributed by atoms with E-state index in [-0.39, 0.29) is 5.82 Å². The van der Waals surface area contributed by atoms with E-state index in [0.717, 1.165) is 11.1 Å². The maximum absolute atomic E-state index is 12.7. The molecule has 0 aliphatic rings. The second-order valence-electron chi connectivity index (χ2n) is 3.71. The Morgan fingerprint density at radius 1 is 1.29 bits per heavy atom. The third-order valence-corrected chi connectivity index (χ3v) is 2.45. The molecule has 0 bridgehead atoms. The summed E-state index contributed by atoms with van der Waals surface area (Å²) in [7, 11) is 0. The van der Waals surface area contributed by atoms with Gasteiger partial charge in [-0.25, -0.2) is 9.37 Å². The molecule has 0 radical (unpaired) electrons. The van der Waals surface area contributed by atoms with E-state index in [4.69, 9.17) is 10.5 Å². The maximum Gasteiger partial charge on any atom is 0.219 e. The minimum atomic E-state index is -0.292. The molecule has 0 unspecified atom stereocenters. The third-order valence-electron chi connectivity index (χ3n) is 2.45. The van der Waals surface area contributed by atoms with Crippen molar-refractivity contribution in [3.05, 3.63) is 53.5 Å². The number of ether oxygens (including phenoxy) is 1. The molecule has 1 aromatic heterocycles. The molecule has 0 fully saturated rings. The van der Waals surface area contributed by atoms with E-state index in [1.807, 2.05) is 13.0 Å². The second kappa shape index (κ2) is 4.93. The Labute approximate surface area is 99.1 Å². The molecule has 0 saturated carbocycles. The first-order chi connectivity index (χ1) is 8.19. The van der Waals surface area contributed by atoms with Crippen LogP contribution in [-0.2, 0) is 6.54 Å². The molecule has 1 heterocycles. The molecule has 2 N–H and O–H groups in total. The summed E-state index contributed by atoms with van der Waals surface area (Å²) in [6.07, 6.45) is 1.69. The number of hydrogen-bond donors (Lipinski definition) is 1. The van der Waals surface area contributed by atoms with Crippen LogP contribution in [0.4, 0.5) is 4.39 Å². The highest BCUT2D eigenvalue weighted by molar-refractivity contribution is 5.32. The zero-order chi connectivity index (χ0) is 12.3. The Kier molecular flexibility index (Phi) is 3.35. The summed E-state index contributed by atoms with van der Waals surface area (Å²) in [5.41, 5.74) is 7.56. The smallest absolute Gasteiger partial charge is 0.219 e. The van der Waals surface area contributed by atoms with Crippen LogP contribution < -0.4 is 10.5 Å². The van der Waals surface area contributed by atoms with Crippen molar-refractivity contribution in [2.24, 2.45) is 5.73 Å². The van der Waals surface area contributed by atoms with Crippen molar-refractivity contribution in [1.82, 2.24) is 4.98 Å². The molecule has 2 aromatic rings. The fourth-order valence-corrected chi connectivity index (χ4v) is 1.45. The average Bonchev–Trinajstić information content (AvgIpc) is 2.32. The van der Waals surface area contributed by atoms with Gasteiger partial charge in [0.15, 0.2) is 0 Å². The van der Waals surface area contributed by atoms with Gasteiger partial charge in [0.05, 0.1) is 0 Å². The Morgan fingerprint density at radius 3 is 2.59 bits per heavy atom. The highest BCUT2D eigenvalue weighted by Crippen LogP contribution is 2.21. The first-order valence-electron chi connectivity index (χ1n) is 5.28. The highest BCUT2D eigenvalue weighted by Gasteiger charge is 2.02. The van der Waals surface area contributed by atoms with E-state index in [9.17, 15) is 4.39 Å². The molecule has 0 aliphatic carbocycles. The van der Waals surface area contributed by atoms with Crippen LogP contribution in [0.25, 0.3) is 0 Å². The van der Waals surface area contributed by atoms with Gasteiger partial charge in [-0.3, -0.25) is 0 Å². The summed E-state index contributed by atoms with van der Waals surface area (Å²) in [6, 6.07) is 7.62. The molecule has 3 nitrogen and oxygen atoms in total. The summed E-state index contributed by atoms with van der Waals surface area (Å²) in [5.74, 6) is 0.741. The third kappa shape index (κ3) is 2.79. The number of nitrogens with two attached hydrogens (primary N) is 1. The van der Waals surface area contributed by atoms with E-state index >= 15 is 0 Å². The lowest BCUT2D eigenvalue weighted by molar-refractivity contribution is 0.460. The van der Waals surface area contributed by atoms with Crippen molar-refractivity contribution in [2.75, 3.05) is 0 Å². The molecular formula is C13H13FN2O. The fourth-order valence-electron chi connectivity index (χ4n) is 1.45. The largest absolute Gasteiger partial charge is 0.439 e. The Hall–Kier alpha value is -1.94. The Balaban J connectivity index is 2.19. The molecule has 0 atom stereocenters. The quantitative estimate of drug-likeness (QED) is 0.885. The minimum absolute atomic E-state index is 0.292. The number of halogens is 1. The Bertz CT molecular complexity index is 511. The van der Waals surface area contributed by atoms with Crippen LogP contribution in [0.1, 0.15) is 11.1 Å². The number of aromatic nitrogens is 1. The standard InChI is InChI=1S/C13H13FN2O/c1-9-6-13(16-8-10(9)7-15)17-12-4-2-11(14)3-5-12/h2-6,8H,7,15H2,1H3. The molecule has 1 aromatic carbocycles. The van der Waals surface area contributed by atoms with Crippen LogP contribution in [0.15, 0.2) is 36.5 Å². The first-order valence-corrected chi connectivity index (χ1v) is 5.28. The van der Waals surface area contributed by atoms with Gasteiger partial charge in [0.25, 0.3) is 0 Å². The molecule has 0 saturated heterocycles. The van der Waals surface area contributed by atoms with E-state index in [2.05, 4.69) is 4.98 Å². The number of aryl methyl sites for hydroxylation is 1. The lowest BCUT2D eigenvalue weighted by atomic mass is 10.2. The maximum atomic E-state index is 12.7. The summed E-state index contributed by atoms with van der Waals surface area (Å²) < 4.78 is 18.2. The van der Waals surface area contributed by atoms with Crippen LogP contribution in [0.2, 0.25) is 0 Å². The van der Waals surface area contributed by atoms with Crippen LogP contribution >= 0.6 is 0 Å². The average molecular weight is 232 g/mol. The topological polar surface area (TPSA) is 48.1 Å². The normalized spacial score (nSPS) is 10.3. The zero-order valence-electron chi connectivity index (χ0n) is 9.48. The molecule has 0 spiro atoms. The molecule has 17 heavy (non-hydrogen) atoms. The van der Waals surface area contributed by atoms with Crippen LogP contribution in [0, 0.1) is 12.7 Å². The molecule has 0 aliphatic heterocycles. The number of hydrogen-bond acceptors (Lipinski definition) is 3. The van der Waals surface area contributed by atoms with Gasteiger partial charge in [-0.15, -0.1) is 0 Å². The zero-order valence-corrected chi connectivity index (χ0v) is 9.48. The van der Waals surface area contributed by atoms with E-state index in [0.29, 0.717) is 18.2 Å². The van der Waals surface area contributed by atoms with Crippen LogP contribution in [0.3, 0.4) is 0 Å². The summed E-state index contributed by atoms with van der Waals surface area (Å²) >= 11 is 0. The van der Waals surface area contributed by atoms with Gasteiger partial charge in [0, 0.05) is 18.8 Å². The Morgan fingerprint density at radius 2 is 2.00 bits per heavy atom. The summed E-state index contributed by atoms with van der Waals surface area (Å²) in [6.45, 7) is 2.40. The van der Waals surface area contributed by atoms with Gasteiger partial charge in [-0.1, -0.05) is 0 Å². The predicted molar refractivity (Wildman–Crippen MR) is 63.3 cm³/mol. The van der Waals surface area contributed by atoms with Gasteiger partial charge in [0.2, 0.25) is 5.88 Å². The van der Waals surface area contributed by atoms with Crippen molar-refractivity contribution in [1.29, 1.82) is 0 Å². The van der Waals surface area contributed by atoms with Crippen molar-refractivity contribution in [3.8, 4) is 11.6 Å². The van der Waals surface area contributed by atoms with Crippen molar-refractivity contribution < 1.29 is 9.13 Å². The molecular weight excluding hydrogens is 219 g/mol. The van der Waals surface area contributed by atoms with Crippen molar-refractivity contribution in [3.63, 3.8) is 0 Å². The minimum Gasteiger partial charge on any atom is -0.439 e. The van der Waals surface area contributed by atoms with Gasteiger partial charge >= 0.3 is 0 Å². The summed E-state index contributed by atoms with van der Waals surface area (Å²) in [5, 5.41) is 0. The van der Waals surface area contributed by atoms with E-state index in [1.165, 1.54) is 12.1 Å². The van der Waals surface area contributed by atoms with E-state index in [1.54, 1.807) is 18.3 Å². The lowest BCUT2D eigenvalue weighted by Gasteiger charge is -2.07. The molecule has 4 heteroatoms. The van der Waals surface area contributed by atoms with E-state index < -0.39 is 0 Å². The van der Waals surface area contributed by atoms with Crippen molar-refractivity contribution >= 4 is 0 Å². The first kappa shape index (κ1) is 11.5. The van der Waals surface area contributed by atoms with Gasteiger partial charge in [-0.2, -0.15) is 0 Å². The van der Waals surface area contributed by atoms with Gasteiger partial charge < -0.3 is 10.5 Å². The highest BCUT2D eigenvalue weighted by atomic mass is 19.1. The monoisotopic (exact) mass is 232 g/mol. The second-order valence-corrected chi connectivity index (χ2v) is 3.71. The molecule has 2 rings (SSSR count). The van der Waals surface area contributed by atoms with Crippen molar-refractivity contribution in [2.45, 2.75) is 13.5 Å². The number of benzene rings is 1. The summed E-state index contributed by atoms with van der Waals surface area (Å²) in [4.78, 5) is 4.13. The number of rotatable bonds is 3. The predicted octanol–water partition coefficient (Wildman–Crippen LogP) is 2.78. The van der Waals surface area contributed by atoms with Crippen LogP contribution in [0.5, 0.6) is 11.6 Å². The molecule has 88 valence electrons. The SMILES string of the molecule is Cc1cc(Oc2ccc(F)cc2)ncc1CN. The van der Waals surface area contributed by atoms with Gasteiger partial charge in [0.1, 0.15) is 11.6 Å². The molecule has 0 amide bonds. The van der Waals surface area contributed by atoms with Crippen LogP contribution in [-0.4, -0.2) is 4.98 Å². The van der Waals surface area contributed by atoms with Gasteiger partial charge in [-0.05, 0) is 42.3 Å². The number of pyridine rings is 1. The fraction of sp³-hybridized carbons (Fsp3) is 0.154. The number of nitrogens with zero attached hydrogens (tertiary/aromatic N) is 1.